The topological polar surface area (TPSA) is 52.3 Å². The Balaban J connectivity index is 2.79. The molecule has 0 saturated carbocycles. The van der Waals surface area contributed by atoms with Crippen molar-refractivity contribution in [2.24, 2.45) is 5.73 Å². The minimum Gasteiger partial charge on any atom is -0.466 e. The maximum atomic E-state index is 10.9. The van der Waals surface area contributed by atoms with E-state index in [2.05, 4.69) is 4.74 Å². The van der Waals surface area contributed by atoms with Gasteiger partial charge in [0.1, 0.15) is 0 Å². The molecule has 3 nitrogen and oxygen atoms in total. The van der Waals surface area contributed by atoms with E-state index < -0.39 is 5.97 Å². The van der Waals surface area contributed by atoms with Gasteiger partial charge in [-0.3, -0.25) is 0 Å². The quantitative estimate of drug-likeness (QED) is 0.600. The summed E-state index contributed by atoms with van der Waals surface area (Å²) < 4.78 is 4.48. The summed E-state index contributed by atoms with van der Waals surface area (Å²) in [6.45, 7) is 0. The highest BCUT2D eigenvalue weighted by molar-refractivity contribution is 6.33. The zero-order valence-electron chi connectivity index (χ0n) is 6.06. The second-order valence-electron chi connectivity index (χ2n) is 2.21. The van der Waals surface area contributed by atoms with E-state index >= 15 is 0 Å². The molecule has 4 heteroatoms. The maximum Gasteiger partial charge on any atom is 0.335 e. The molecule has 11 heavy (non-hydrogen) atoms. The van der Waals surface area contributed by atoms with E-state index in [1.807, 2.05) is 0 Å². The third-order valence-electron chi connectivity index (χ3n) is 1.41. The standard InChI is InChI=1S/C7H8ClNO2/c1-11-7(10)5-2-4(9)3-6(5)8/h3H,2,9H2,1H3. The number of halogens is 1. The van der Waals surface area contributed by atoms with Crippen LogP contribution in [0.25, 0.3) is 0 Å². The van der Waals surface area contributed by atoms with E-state index in [0.29, 0.717) is 22.7 Å². The molecule has 0 saturated heterocycles. The van der Waals surface area contributed by atoms with E-state index in [0.717, 1.165) is 0 Å². The lowest BCUT2D eigenvalue weighted by Crippen LogP contribution is -2.05. The van der Waals surface area contributed by atoms with Crippen LogP contribution < -0.4 is 5.73 Å². The van der Waals surface area contributed by atoms with Gasteiger partial charge in [-0.25, -0.2) is 4.79 Å². The fraction of sp³-hybridized carbons (Fsp3) is 0.286. The van der Waals surface area contributed by atoms with Crippen molar-refractivity contribution in [3.05, 3.63) is 22.4 Å². The molecule has 1 aliphatic carbocycles. The van der Waals surface area contributed by atoms with Crippen molar-refractivity contribution in [1.29, 1.82) is 0 Å². The largest absolute Gasteiger partial charge is 0.466 e. The summed E-state index contributed by atoms with van der Waals surface area (Å²) in [6, 6.07) is 0. The van der Waals surface area contributed by atoms with Crippen molar-refractivity contribution in [2.75, 3.05) is 7.11 Å². The molecule has 0 fully saturated rings. The molecule has 1 rings (SSSR count). The molecule has 60 valence electrons. The molecule has 1 aliphatic rings. The van der Waals surface area contributed by atoms with Crippen molar-refractivity contribution in [3.63, 3.8) is 0 Å². The smallest absolute Gasteiger partial charge is 0.335 e. The second kappa shape index (κ2) is 2.96. The van der Waals surface area contributed by atoms with Crippen molar-refractivity contribution in [2.45, 2.75) is 6.42 Å². The first-order chi connectivity index (χ1) is 5.15. The summed E-state index contributed by atoms with van der Waals surface area (Å²) in [5.41, 5.74) is 6.46. The summed E-state index contributed by atoms with van der Waals surface area (Å²) in [5.74, 6) is -0.410. The van der Waals surface area contributed by atoms with Gasteiger partial charge in [-0.1, -0.05) is 11.6 Å². The molecular formula is C7H8ClNO2. The van der Waals surface area contributed by atoms with Gasteiger partial charge >= 0.3 is 5.97 Å². The zero-order chi connectivity index (χ0) is 8.43. The number of hydrogen-bond acceptors (Lipinski definition) is 3. The van der Waals surface area contributed by atoms with E-state index in [1.165, 1.54) is 7.11 Å². The van der Waals surface area contributed by atoms with Gasteiger partial charge < -0.3 is 10.5 Å². The number of carbonyl (C=O) groups is 1. The van der Waals surface area contributed by atoms with Crippen LogP contribution >= 0.6 is 11.6 Å². The van der Waals surface area contributed by atoms with Gasteiger partial charge in [0.15, 0.2) is 0 Å². The monoisotopic (exact) mass is 173 g/mol. The number of allylic oxidation sites excluding steroid dienone is 3. The first-order valence-electron chi connectivity index (χ1n) is 3.08. The number of hydrogen-bond donors (Lipinski definition) is 1. The van der Waals surface area contributed by atoms with E-state index in [1.54, 1.807) is 6.08 Å². The Morgan fingerprint density at radius 3 is 2.82 bits per heavy atom. The molecular weight excluding hydrogens is 166 g/mol. The average molecular weight is 174 g/mol. The Morgan fingerprint density at radius 1 is 1.82 bits per heavy atom. The minimum atomic E-state index is -0.410. The third-order valence-corrected chi connectivity index (χ3v) is 1.75. The van der Waals surface area contributed by atoms with Crippen LogP contribution in [-0.4, -0.2) is 13.1 Å². The summed E-state index contributed by atoms with van der Waals surface area (Å²) >= 11 is 5.67. The molecule has 2 N–H and O–H groups in total. The predicted molar refractivity (Wildman–Crippen MR) is 41.8 cm³/mol. The van der Waals surface area contributed by atoms with E-state index in [-0.39, 0.29) is 0 Å². The number of methoxy groups -OCH3 is 1. The molecule has 0 atom stereocenters. The van der Waals surface area contributed by atoms with Crippen molar-refractivity contribution in [3.8, 4) is 0 Å². The van der Waals surface area contributed by atoms with Crippen LogP contribution in [0.1, 0.15) is 6.42 Å². The maximum absolute atomic E-state index is 10.9. The highest BCUT2D eigenvalue weighted by Gasteiger charge is 2.19. The van der Waals surface area contributed by atoms with Crippen molar-refractivity contribution in [1.82, 2.24) is 0 Å². The molecule has 0 heterocycles. The molecule has 0 aromatic carbocycles. The van der Waals surface area contributed by atoms with Gasteiger partial charge in [0.2, 0.25) is 0 Å². The third kappa shape index (κ3) is 1.54. The van der Waals surface area contributed by atoms with Gasteiger partial charge in [0.25, 0.3) is 0 Å². The van der Waals surface area contributed by atoms with Gasteiger partial charge in [-0.05, 0) is 6.08 Å². The Bertz CT molecular complexity index is 255. The molecule has 0 radical (unpaired) electrons. The summed E-state index contributed by atoms with van der Waals surface area (Å²) in [6.07, 6.45) is 1.96. The Hall–Kier alpha value is -0.960. The Morgan fingerprint density at radius 2 is 2.45 bits per heavy atom. The first-order valence-corrected chi connectivity index (χ1v) is 3.46. The molecule has 0 aromatic heterocycles. The highest BCUT2D eigenvalue weighted by Crippen LogP contribution is 2.25. The lowest BCUT2D eigenvalue weighted by atomic mass is 10.2. The van der Waals surface area contributed by atoms with Gasteiger partial charge in [0, 0.05) is 12.1 Å². The first kappa shape index (κ1) is 8.14. The van der Waals surface area contributed by atoms with Crippen LogP contribution in [0.4, 0.5) is 0 Å². The molecule has 0 amide bonds. The fourth-order valence-corrected chi connectivity index (χ4v) is 1.17. The van der Waals surface area contributed by atoms with E-state index in [4.69, 9.17) is 17.3 Å². The minimum absolute atomic E-state index is 0.384. The van der Waals surface area contributed by atoms with Crippen LogP contribution in [0.3, 0.4) is 0 Å². The SMILES string of the molecule is COC(=O)C1=C(Cl)C=C(N)C1. The number of rotatable bonds is 1. The normalized spacial score (nSPS) is 16.7. The molecule has 0 spiro atoms. The number of ether oxygens (including phenoxy) is 1. The average Bonchev–Trinajstić information content (AvgIpc) is 2.28. The van der Waals surface area contributed by atoms with E-state index in [9.17, 15) is 4.79 Å². The van der Waals surface area contributed by atoms with Crippen LogP contribution in [-0.2, 0) is 9.53 Å². The number of nitrogens with two attached hydrogens (primary N) is 1. The summed E-state index contributed by atoms with van der Waals surface area (Å²) in [7, 11) is 1.31. The van der Waals surface area contributed by atoms with Gasteiger partial charge in [-0.2, -0.15) is 0 Å². The van der Waals surface area contributed by atoms with Crippen LogP contribution in [0, 0.1) is 0 Å². The molecule has 0 aliphatic heterocycles. The van der Waals surface area contributed by atoms with Crippen LogP contribution in [0.15, 0.2) is 22.4 Å². The van der Waals surface area contributed by atoms with Gasteiger partial charge in [-0.15, -0.1) is 0 Å². The molecule has 0 unspecified atom stereocenters. The zero-order valence-corrected chi connectivity index (χ0v) is 6.81. The highest BCUT2D eigenvalue weighted by atomic mass is 35.5. The predicted octanol–water partition coefficient (Wildman–Crippen LogP) is 0.899. The fourth-order valence-electron chi connectivity index (χ4n) is 0.882. The van der Waals surface area contributed by atoms with Crippen molar-refractivity contribution >= 4 is 17.6 Å². The number of carbonyl (C=O) groups excluding carboxylic acids is 1. The van der Waals surface area contributed by atoms with Crippen molar-refractivity contribution < 1.29 is 9.53 Å². The summed E-state index contributed by atoms with van der Waals surface area (Å²) in [4.78, 5) is 10.9. The Labute approximate surface area is 69.5 Å². The van der Waals surface area contributed by atoms with Crippen LogP contribution in [0.2, 0.25) is 0 Å². The summed E-state index contributed by atoms with van der Waals surface area (Å²) in [5, 5.41) is 0.384. The van der Waals surface area contributed by atoms with Crippen LogP contribution in [0.5, 0.6) is 0 Å². The lowest BCUT2D eigenvalue weighted by Gasteiger charge is -1.99. The Kier molecular flexibility index (Phi) is 2.19. The molecule has 0 aromatic rings. The number of esters is 1. The van der Waals surface area contributed by atoms with Gasteiger partial charge in [0.05, 0.1) is 17.7 Å². The lowest BCUT2D eigenvalue weighted by molar-refractivity contribution is -0.136. The molecule has 0 bridgehead atoms. The second-order valence-corrected chi connectivity index (χ2v) is 2.62.